The molecule has 0 saturated carbocycles. The van der Waals surface area contributed by atoms with Crippen LogP contribution in [0.25, 0.3) is 11.1 Å². The number of urea groups is 1. The van der Waals surface area contributed by atoms with E-state index in [1.54, 1.807) is 6.07 Å². The van der Waals surface area contributed by atoms with E-state index >= 15 is 0 Å². The van der Waals surface area contributed by atoms with Gasteiger partial charge in [-0.05, 0) is 43.0 Å². The molecule has 0 bridgehead atoms. The first-order valence-corrected chi connectivity index (χ1v) is 10.7. The van der Waals surface area contributed by atoms with Gasteiger partial charge in [0.15, 0.2) is 0 Å². The van der Waals surface area contributed by atoms with E-state index < -0.39 is 16.1 Å². The number of sulfonamides is 1. The van der Waals surface area contributed by atoms with Gasteiger partial charge in [0.05, 0.1) is 5.75 Å². The summed E-state index contributed by atoms with van der Waals surface area (Å²) in [5.41, 5.74) is 3.93. The first-order chi connectivity index (χ1) is 12.9. The molecule has 6 nitrogen and oxygen atoms in total. The zero-order valence-electron chi connectivity index (χ0n) is 15.4. The number of nitrogens with zero attached hydrogens (tertiary/aromatic N) is 1. The van der Waals surface area contributed by atoms with Gasteiger partial charge in [-0.1, -0.05) is 42.0 Å². The van der Waals surface area contributed by atoms with E-state index in [4.69, 9.17) is 0 Å². The minimum absolute atomic E-state index is 0.0795. The van der Waals surface area contributed by atoms with Crippen molar-refractivity contribution < 1.29 is 13.2 Å². The molecular formula is C20H25N3O3S. The smallest absolute Gasteiger partial charge is 0.319 e. The molecule has 0 radical (unpaired) electrons. The topological polar surface area (TPSA) is 78.5 Å². The van der Waals surface area contributed by atoms with Crippen LogP contribution < -0.4 is 10.6 Å². The summed E-state index contributed by atoms with van der Waals surface area (Å²) in [5.74, 6) is -0.0795. The van der Waals surface area contributed by atoms with Gasteiger partial charge in [-0.2, -0.15) is 0 Å². The number of anilines is 1. The molecule has 1 fully saturated rings. The predicted molar refractivity (Wildman–Crippen MR) is 108 cm³/mol. The van der Waals surface area contributed by atoms with Crippen LogP contribution in [0, 0.1) is 6.92 Å². The molecule has 2 aromatic carbocycles. The first-order valence-electron chi connectivity index (χ1n) is 9.14. The molecule has 27 heavy (non-hydrogen) atoms. The normalized spacial score (nSPS) is 14.9. The van der Waals surface area contributed by atoms with Crippen LogP contribution in [-0.2, 0) is 10.0 Å². The lowest BCUT2D eigenvalue weighted by molar-refractivity contribution is 0.252. The fraction of sp³-hybridized carbons (Fsp3) is 0.350. The highest BCUT2D eigenvalue weighted by Crippen LogP contribution is 2.23. The average molecular weight is 388 g/mol. The predicted octanol–water partition coefficient (Wildman–Crippen LogP) is 3.21. The fourth-order valence-electron chi connectivity index (χ4n) is 3.09. The molecule has 1 aliphatic heterocycles. The number of carbonyl (C=O) groups is 1. The minimum atomic E-state index is -3.28. The maximum Gasteiger partial charge on any atom is 0.319 e. The summed E-state index contributed by atoms with van der Waals surface area (Å²) >= 11 is 0. The summed E-state index contributed by atoms with van der Waals surface area (Å²) in [5, 5.41) is 5.38. The maximum absolute atomic E-state index is 12.2. The van der Waals surface area contributed by atoms with Gasteiger partial charge in [0.25, 0.3) is 0 Å². The summed E-state index contributed by atoms with van der Waals surface area (Å²) in [6, 6.07) is 15.3. The van der Waals surface area contributed by atoms with Gasteiger partial charge < -0.3 is 10.6 Å². The van der Waals surface area contributed by atoms with E-state index in [-0.39, 0.29) is 12.3 Å². The van der Waals surface area contributed by atoms with Crippen molar-refractivity contribution in [2.24, 2.45) is 0 Å². The van der Waals surface area contributed by atoms with Crippen molar-refractivity contribution in [3.05, 3.63) is 54.1 Å². The third-order valence-electron chi connectivity index (χ3n) is 4.61. The Labute approximate surface area is 160 Å². The Morgan fingerprint density at radius 3 is 2.44 bits per heavy atom. The van der Waals surface area contributed by atoms with E-state index in [0.717, 1.165) is 24.0 Å². The molecule has 0 spiro atoms. The molecule has 2 aromatic rings. The van der Waals surface area contributed by atoms with Crippen LogP contribution in [0.3, 0.4) is 0 Å². The second-order valence-corrected chi connectivity index (χ2v) is 8.84. The third kappa shape index (κ3) is 5.30. The molecule has 1 heterocycles. The van der Waals surface area contributed by atoms with Crippen molar-refractivity contribution >= 4 is 21.7 Å². The Hall–Kier alpha value is -2.38. The quantitative estimate of drug-likeness (QED) is 0.799. The monoisotopic (exact) mass is 387 g/mol. The standard InChI is InChI=1S/C20H25N3O3S/c1-16-7-9-17(10-8-16)18-5-4-6-19(15-18)22-20(24)21-11-14-27(25,26)23-12-2-3-13-23/h4-10,15H,2-3,11-14H2,1H3,(H2,21,22,24). The Bertz CT molecular complexity index is 889. The van der Waals surface area contributed by atoms with Gasteiger partial charge in [0.1, 0.15) is 0 Å². The molecule has 1 saturated heterocycles. The number of nitrogens with one attached hydrogen (secondary N) is 2. The molecule has 0 aliphatic carbocycles. The van der Waals surface area contributed by atoms with Crippen molar-refractivity contribution in [2.75, 3.05) is 30.7 Å². The highest BCUT2D eigenvalue weighted by molar-refractivity contribution is 7.89. The lowest BCUT2D eigenvalue weighted by Crippen LogP contribution is -2.37. The van der Waals surface area contributed by atoms with Crippen LogP contribution in [0.1, 0.15) is 18.4 Å². The van der Waals surface area contributed by atoms with Gasteiger partial charge in [0, 0.05) is 25.3 Å². The summed E-state index contributed by atoms with van der Waals surface area (Å²) in [4.78, 5) is 12.1. The van der Waals surface area contributed by atoms with Crippen LogP contribution in [0.5, 0.6) is 0 Å². The molecule has 0 aromatic heterocycles. The van der Waals surface area contributed by atoms with Gasteiger partial charge in [-0.3, -0.25) is 0 Å². The minimum Gasteiger partial charge on any atom is -0.337 e. The Balaban J connectivity index is 1.53. The highest BCUT2D eigenvalue weighted by Gasteiger charge is 2.24. The van der Waals surface area contributed by atoms with Crippen molar-refractivity contribution in [2.45, 2.75) is 19.8 Å². The summed E-state index contributed by atoms with van der Waals surface area (Å²) in [7, 11) is -3.28. The molecule has 144 valence electrons. The number of benzene rings is 2. The lowest BCUT2D eigenvalue weighted by Gasteiger charge is -2.15. The zero-order valence-corrected chi connectivity index (χ0v) is 16.3. The fourth-order valence-corrected chi connectivity index (χ4v) is 4.52. The molecule has 3 rings (SSSR count). The van der Waals surface area contributed by atoms with Crippen LogP contribution in [-0.4, -0.2) is 44.1 Å². The van der Waals surface area contributed by atoms with Gasteiger partial charge >= 0.3 is 6.03 Å². The molecule has 1 aliphatic rings. The number of aryl methyl sites for hydroxylation is 1. The van der Waals surface area contributed by atoms with Gasteiger partial charge in [-0.25, -0.2) is 17.5 Å². The average Bonchev–Trinajstić information content (AvgIpc) is 3.18. The largest absolute Gasteiger partial charge is 0.337 e. The van der Waals surface area contributed by atoms with Crippen molar-refractivity contribution in [3.63, 3.8) is 0 Å². The first kappa shape index (κ1) is 19.4. The van der Waals surface area contributed by atoms with Crippen LogP contribution in [0.4, 0.5) is 10.5 Å². The van der Waals surface area contributed by atoms with E-state index in [0.29, 0.717) is 18.8 Å². The molecule has 2 amide bonds. The molecule has 2 N–H and O–H groups in total. The lowest BCUT2D eigenvalue weighted by atomic mass is 10.0. The van der Waals surface area contributed by atoms with Crippen LogP contribution in [0.2, 0.25) is 0 Å². The van der Waals surface area contributed by atoms with Gasteiger partial charge in [-0.15, -0.1) is 0 Å². The van der Waals surface area contributed by atoms with Crippen LogP contribution in [0.15, 0.2) is 48.5 Å². The number of hydrogen-bond donors (Lipinski definition) is 2. The van der Waals surface area contributed by atoms with Crippen molar-refractivity contribution in [1.29, 1.82) is 0 Å². The zero-order chi connectivity index (χ0) is 19.3. The Kier molecular flexibility index (Phi) is 6.13. The van der Waals surface area contributed by atoms with Crippen LogP contribution >= 0.6 is 0 Å². The third-order valence-corrected chi connectivity index (χ3v) is 6.48. The number of rotatable bonds is 6. The second kappa shape index (κ2) is 8.54. The van der Waals surface area contributed by atoms with E-state index in [9.17, 15) is 13.2 Å². The molecule has 0 atom stereocenters. The maximum atomic E-state index is 12.2. The SMILES string of the molecule is Cc1ccc(-c2cccc(NC(=O)NCCS(=O)(=O)N3CCCC3)c2)cc1. The number of amides is 2. The molecular weight excluding hydrogens is 362 g/mol. The van der Waals surface area contributed by atoms with E-state index in [1.165, 1.54) is 9.87 Å². The number of hydrogen-bond acceptors (Lipinski definition) is 3. The molecule has 7 heteroatoms. The summed E-state index contributed by atoms with van der Waals surface area (Å²) in [6.07, 6.45) is 1.81. The van der Waals surface area contributed by atoms with E-state index in [2.05, 4.69) is 10.6 Å². The summed E-state index contributed by atoms with van der Waals surface area (Å²) < 4.78 is 25.8. The number of carbonyl (C=O) groups excluding carboxylic acids is 1. The van der Waals surface area contributed by atoms with E-state index in [1.807, 2.05) is 49.4 Å². The molecule has 0 unspecified atom stereocenters. The highest BCUT2D eigenvalue weighted by atomic mass is 32.2. The second-order valence-electron chi connectivity index (χ2n) is 6.75. The van der Waals surface area contributed by atoms with Gasteiger partial charge in [0.2, 0.25) is 10.0 Å². The Morgan fingerprint density at radius 2 is 1.74 bits per heavy atom. The summed E-state index contributed by atoms with van der Waals surface area (Å²) in [6.45, 7) is 3.29. The Morgan fingerprint density at radius 1 is 1.04 bits per heavy atom. The van der Waals surface area contributed by atoms with Crippen molar-refractivity contribution in [1.82, 2.24) is 9.62 Å². The van der Waals surface area contributed by atoms with Crippen molar-refractivity contribution in [3.8, 4) is 11.1 Å².